The summed E-state index contributed by atoms with van der Waals surface area (Å²) in [6.45, 7) is 2.98. The van der Waals surface area contributed by atoms with Crippen molar-refractivity contribution in [3.05, 3.63) is 29.8 Å². The number of likely N-dealkylation sites (tertiary alicyclic amines) is 1. The molecule has 1 aromatic carbocycles. The van der Waals surface area contributed by atoms with Crippen LogP contribution in [0.3, 0.4) is 0 Å². The van der Waals surface area contributed by atoms with Crippen LogP contribution in [-0.2, 0) is 11.2 Å². The highest BCUT2D eigenvalue weighted by molar-refractivity contribution is 5.96. The number of rotatable bonds is 1. The number of aryl methyl sites for hydroxylation is 1. The summed E-state index contributed by atoms with van der Waals surface area (Å²) in [5.41, 5.74) is 1.50. The first-order chi connectivity index (χ1) is 8.55. The Morgan fingerprint density at radius 2 is 2.11 bits per heavy atom. The normalized spacial score (nSPS) is 26.8. The molecule has 4 heteroatoms. The smallest absolute Gasteiger partial charge is 0.241 e. The molecule has 96 valence electrons. The zero-order chi connectivity index (χ0) is 12.8. The molecule has 1 saturated heterocycles. The molecule has 3 rings (SSSR count). The molecule has 1 atom stereocenters. The van der Waals surface area contributed by atoms with E-state index in [4.69, 9.17) is 0 Å². The maximum Gasteiger partial charge on any atom is 0.241 e. The van der Waals surface area contributed by atoms with Crippen molar-refractivity contribution in [1.82, 2.24) is 4.90 Å². The van der Waals surface area contributed by atoms with Crippen LogP contribution in [0.5, 0.6) is 0 Å². The third-order valence-corrected chi connectivity index (χ3v) is 3.79. The minimum Gasteiger partial charge on any atom is -0.388 e. The van der Waals surface area contributed by atoms with Crippen LogP contribution in [0.1, 0.15) is 18.9 Å². The van der Waals surface area contributed by atoms with Gasteiger partial charge in [-0.15, -0.1) is 0 Å². The molecule has 0 spiro atoms. The molecule has 2 heterocycles. The molecule has 0 aliphatic carbocycles. The van der Waals surface area contributed by atoms with Crippen molar-refractivity contribution in [3.8, 4) is 0 Å². The van der Waals surface area contributed by atoms with Crippen molar-refractivity contribution in [2.75, 3.05) is 18.4 Å². The lowest BCUT2D eigenvalue weighted by Gasteiger charge is -2.47. The number of fused-ring (bicyclic) bond motifs is 1. The number of hydrogen-bond donors (Lipinski definition) is 2. The van der Waals surface area contributed by atoms with Crippen LogP contribution in [0, 0.1) is 0 Å². The van der Waals surface area contributed by atoms with Gasteiger partial charge in [-0.05, 0) is 31.4 Å². The summed E-state index contributed by atoms with van der Waals surface area (Å²) in [6.07, 6.45) is 1.72. The highest BCUT2D eigenvalue weighted by Crippen LogP contribution is 2.28. The van der Waals surface area contributed by atoms with Gasteiger partial charge in [0.25, 0.3) is 0 Å². The van der Waals surface area contributed by atoms with Crippen molar-refractivity contribution in [2.45, 2.75) is 31.4 Å². The van der Waals surface area contributed by atoms with E-state index < -0.39 is 5.60 Å². The zero-order valence-electron chi connectivity index (χ0n) is 10.5. The predicted octanol–water partition coefficient (Wildman–Crippen LogP) is 1.01. The predicted molar refractivity (Wildman–Crippen MR) is 69.4 cm³/mol. The van der Waals surface area contributed by atoms with E-state index in [0.29, 0.717) is 13.1 Å². The van der Waals surface area contributed by atoms with Crippen LogP contribution in [0.25, 0.3) is 0 Å². The number of β-amino-alcohol motifs (C(OH)–C–C–N with tert-alkyl or cyclic N) is 1. The number of hydrogen-bond acceptors (Lipinski definition) is 3. The number of nitrogens with zero attached hydrogens (tertiary/aromatic N) is 1. The Bertz CT molecular complexity index is 476. The zero-order valence-corrected chi connectivity index (χ0v) is 10.5. The van der Waals surface area contributed by atoms with Crippen LogP contribution in [0.4, 0.5) is 5.69 Å². The van der Waals surface area contributed by atoms with Gasteiger partial charge in [-0.3, -0.25) is 9.69 Å². The lowest BCUT2D eigenvalue weighted by molar-refractivity contribution is -0.136. The number of aliphatic hydroxyl groups is 1. The quantitative estimate of drug-likeness (QED) is 0.777. The molecule has 1 unspecified atom stereocenters. The van der Waals surface area contributed by atoms with Crippen LogP contribution < -0.4 is 5.32 Å². The highest BCUT2D eigenvalue weighted by Gasteiger charge is 2.43. The highest BCUT2D eigenvalue weighted by atomic mass is 16.3. The monoisotopic (exact) mass is 246 g/mol. The molecule has 1 aromatic rings. The summed E-state index contributed by atoms with van der Waals surface area (Å²) < 4.78 is 0. The summed E-state index contributed by atoms with van der Waals surface area (Å²) in [7, 11) is 0. The molecule has 0 saturated carbocycles. The summed E-state index contributed by atoms with van der Waals surface area (Å²) in [5.74, 6) is 0.0513. The number of para-hydroxylation sites is 1. The second kappa shape index (κ2) is 4.07. The van der Waals surface area contributed by atoms with Gasteiger partial charge in [0.15, 0.2) is 0 Å². The number of benzene rings is 1. The number of carbonyl (C=O) groups excluding carboxylic acids is 1. The van der Waals surface area contributed by atoms with E-state index in [-0.39, 0.29) is 11.9 Å². The molecule has 18 heavy (non-hydrogen) atoms. The van der Waals surface area contributed by atoms with Crippen LogP contribution >= 0.6 is 0 Å². The first-order valence-corrected chi connectivity index (χ1v) is 6.40. The molecule has 1 amide bonds. The van der Waals surface area contributed by atoms with Crippen molar-refractivity contribution >= 4 is 11.6 Å². The second-order valence-corrected chi connectivity index (χ2v) is 5.60. The molecular formula is C14H18N2O2. The van der Waals surface area contributed by atoms with Crippen molar-refractivity contribution in [2.24, 2.45) is 0 Å². The van der Waals surface area contributed by atoms with Gasteiger partial charge >= 0.3 is 0 Å². The molecule has 4 nitrogen and oxygen atoms in total. The van der Waals surface area contributed by atoms with Gasteiger partial charge < -0.3 is 10.4 Å². The lowest BCUT2D eigenvalue weighted by atomic mass is 9.92. The number of anilines is 1. The molecule has 0 aromatic heterocycles. The van der Waals surface area contributed by atoms with E-state index >= 15 is 0 Å². The Labute approximate surface area is 107 Å². The maximum atomic E-state index is 12.2. The average molecular weight is 246 g/mol. The standard InChI is InChI=1S/C14H18N2O2/c1-14(18)8-16(9-14)12-7-6-10-4-2-3-5-11(10)15-13(12)17/h2-5,12,18H,6-9H2,1H3,(H,15,17). The second-order valence-electron chi connectivity index (χ2n) is 5.60. The molecule has 2 aliphatic rings. The molecule has 2 N–H and O–H groups in total. The third-order valence-electron chi connectivity index (χ3n) is 3.79. The summed E-state index contributed by atoms with van der Waals surface area (Å²) in [4.78, 5) is 14.2. The molecule has 2 aliphatic heterocycles. The van der Waals surface area contributed by atoms with E-state index in [1.807, 2.05) is 25.1 Å². The van der Waals surface area contributed by atoms with E-state index in [1.54, 1.807) is 0 Å². The fourth-order valence-corrected chi connectivity index (χ4v) is 2.90. The van der Waals surface area contributed by atoms with Gasteiger partial charge in [0.1, 0.15) is 0 Å². The Balaban J connectivity index is 1.76. The molecule has 0 bridgehead atoms. The first kappa shape index (κ1) is 11.7. The Kier molecular flexibility index (Phi) is 2.64. The molecule has 1 fully saturated rings. The largest absolute Gasteiger partial charge is 0.388 e. The Morgan fingerprint density at radius 3 is 2.83 bits per heavy atom. The Morgan fingerprint density at radius 1 is 1.39 bits per heavy atom. The van der Waals surface area contributed by atoms with Crippen molar-refractivity contribution < 1.29 is 9.90 Å². The minimum absolute atomic E-state index is 0.0513. The van der Waals surface area contributed by atoms with Gasteiger partial charge in [0, 0.05) is 18.8 Å². The van der Waals surface area contributed by atoms with Crippen molar-refractivity contribution in [1.29, 1.82) is 0 Å². The van der Waals surface area contributed by atoms with Gasteiger partial charge in [0.2, 0.25) is 5.91 Å². The fraction of sp³-hybridized carbons (Fsp3) is 0.500. The maximum absolute atomic E-state index is 12.2. The lowest BCUT2D eigenvalue weighted by Crippen LogP contribution is -2.65. The summed E-state index contributed by atoms with van der Waals surface area (Å²) >= 11 is 0. The molecule has 0 radical (unpaired) electrons. The van der Waals surface area contributed by atoms with Gasteiger partial charge in [-0.25, -0.2) is 0 Å². The van der Waals surface area contributed by atoms with Crippen LogP contribution in [-0.4, -0.2) is 40.6 Å². The van der Waals surface area contributed by atoms with Crippen LogP contribution in [0.15, 0.2) is 24.3 Å². The summed E-state index contributed by atoms with van der Waals surface area (Å²) in [5, 5.41) is 12.8. The van der Waals surface area contributed by atoms with Gasteiger partial charge in [-0.2, -0.15) is 0 Å². The van der Waals surface area contributed by atoms with Gasteiger partial charge in [0.05, 0.1) is 11.6 Å². The number of carbonyl (C=O) groups is 1. The third kappa shape index (κ3) is 2.02. The van der Waals surface area contributed by atoms with E-state index in [9.17, 15) is 9.90 Å². The van der Waals surface area contributed by atoms with E-state index in [2.05, 4.69) is 16.3 Å². The van der Waals surface area contributed by atoms with E-state index in [0.717, 1.165) is 18.5 Å². The van der Waals surface area contributed by atoms with Crippen LogP contribution in [0.2, 0.25) is 0 Å². The van der Waals surface area contributed by atoms with Gasteiger partial charge in [-0.1, -0.05) is 18.2 Å². The average Bonchev–Trinajstić information content (AvgIpc) is 2.44. The summed E-state index contributed by atoms with van der Waals surface area (Å²) in [6, 6.07) is 7.83. The fourth-order valence-electron chi connectivity index (χ4n) is 2.90. The number of amides is 1. The minimum atomic E-state index is -0.626. The van der Waals surface area contributed by atoms with Crippen molar-refractivity contribution in [3.63, 3.8) is 0 Å². The first-order valence-electron chi connectivity index (χ1n) is 6.40. The molecular weight excluding hydrogens is 228 g/mol. The SMILES string of the molecule is CC1(O)CN(C2CCc3ccccc3NC2=O)C1. The van der Waals surface area contributed by atoms with E-state index in [1.165, 1.54) is 5.56 Å². The number of nitrogens with one attached hydrogen (secondary N) is 1. The Hall–Kier alpha value is -1.39. The topological polar surface area (TPSA) is 52.6 Å².